The molecular weight excluding hydrogens is 546 g/mol. The van der Waals surface area contributed by atoms with Crippen LogP contribution in [0, 0.1) is 11.3 Å². The third kappa shape index (κ3) is 7.46. The summed E-state index contributed by atoms with van der Waals surface area (Å²) in [6, 6.07) is 17.0. The molecule has 2 aliphatic heterocycles. The smallest absolute Gasteiger partial charge is 0.252 e. The average molecular weight is 584 g/mol. The van der Waals surface area contributed by atoms with E-state index >= 15 is 0 Å². The second-order valence-electron chi connectivity index (χ2n) is 11.3. The maximum Gasteiger partial charge on any atom is 0.252 e. The van der Waals surface area contributed by atoms with Gasteiger partial charge in [-0.05, 0) is 43.2 Å². The summed E-state index contributed by atoms with van der Waals surface area (Å²) in [5, 5.41) is 13.3. The normalized spacial score (nSPS) is 27.6. The highest BCUT2D eigenvalue weighted by Gasteiger charge is 2.58. The number of nitriles is 1. The molecule has 2 aromatic carbocycles. The number of nitrogens with zero attached hydrogens (tertiary/aromatic N) is 2. The van der Waals surface area contributed by atoms with E-state index in [1.54, 1.807) is 12.1 Å². The van der Waals surface area contributed by atoms with Gasteiger partial charge in [0.05, 0.1) is 50.3 Å². The van der Waals surface area contributed by atoms with E-state index in [9.17, 15) is 10.1 Å². The molecular formula is C31H38ClN3O6. The molecule has 220 valence electrons. The van der Waals surface area contributed by atoms with Crippen molar-refractivity contribution in [3.63, 3.8) is 0 Å². The fourth-order valence-corrected chi connectivity index (χ4v) is 6.03. The molecule has 2 heterocycles. The van der Waals surface area contributed by atoms with Gasteiger partial charge in [0.25, 0.3) is 5.91 Å². The molecule has 10 heteroatoms. The summed E-state index contributed by atoms with van der Waals surface area (Å²) < 4.78 is 31.0. The van der Waals surface area contributed by atoms with Crippen LogP contribution in [0.1, 0.15) is 43.4 Å². The van der Waals surface area contributed by atoms with Crippen molar-refractivity contribution in [2.75, 3.05) is 39.4 Å². The summed E-state index contributed by atoms with van der Waals surface area (Å²) in [4.78, 5) is 16.3. The van der Waals surface area contributed by atoms with Crippen LogP contribution in [-0.4, -0.2) is 79.9 Å². The molecule has 1 unspecified atom stereocenters. The van der Waals surface area contributed by atoms with Crippen molar-refractivity contribution in [2.24, 2.45) is 0 Å². The molecule has 4 atom stereocenters. The number of fused-ring (bicyclic) bond motifs is 1. The highest BCUT2D eigenvalue weighted by molar-refractivity contribution is 6.30. The molecule has 2 saturated heterocycles. The lowest BCUT2D eigenvalue weighted by molar-refractivity contribution is -0.183. The van der Waals surface area contributed by atoms with Crippen molar-refractivity contribution < 1.29 is 28.5 Å². The van der Waals surface area contributed by atoms with Gasteiger partial charge in [-0.25, -0.2) is 0 Å². The van der Waals surface area contributed by atoms with Gasteiger partial charge in [-0.1, -0.05) is 41.9 Å². The summed E-state index contributed by atoms with van der Waals surface area (Å²) in [5.74, 6) is -1.04. The zero-order valence-electron chi connectivity index (χ0n) is 23.6. The van der Waals surface area contributed by atoms with Crippen LogP contribution in [0.4, 0.5) is 0 Å². The van der Waals surface area contributed by atoms with Crippen molar-refractivity contribution in [3.8, 4) is 6.07 Å². The van der Waals surface area contributed by atoms with Crippen LogP contribution in [0.2, 0.25) is 5.02 Å². The topological polar surface area (TPSA) is 102 Å². The summed E-state index contributed by atoms with van der Waals surface area (Å²) >= 11 is 6.23. The quantitative estimate of drug-likeness (QED) is 0.450. The third-order valence-corrected chi connectivity index (χ3v) is 8.11. The molecule has 1 amide bonds. The Balaban J connectivity index is 1.37. The van der Waals surface area contributed by atoms with E-state index < -0.39 is 23.6 Å². The average Bonchev–Trinajstić information content (AvgIpc) is 3.29. The lowest BCUT2D eigenvalue weighted by Gasteiger charge is -2.43. The van der Waals surface area contributed by atoms with E-state index in [1.165, 1.54) is 0 Å². The van der Waals surface area contributed by atoms with Crippen LogP contribution in [0.3, 0.4) is 0 Å². The zero-order valence-corrected chi connectivity index (χ0v) is 24.4. The first-order valence-electron chi connectivity index (χ1n) is 14.2. The molecule has 1 N–H and O–H groups in total. The predicted octanol–water partition coefficient (Wildman–Crippen LogP) is 3.81. The predicted molar refractivity (Wildman–Crippen MR) is 152 cm³/mol. The highest BCUT2D eigenvalue weighted by atomic mass is 35.5. The number of amides is 1. The Kier molecular flexibility index (Phi) is 9.62. The van der Waals surface area contributed by atoms with E-state index in [1.807, 2.05) is 50.2 Å². The minimum Gasteiger partial charge on any atom is -0.379 e. The number of halogens is 1. The van der Waals surface area contributed by atoms with Gasteiger partial charge in [0.1, 0.15) is 6.10 Å². The molecule has 9 nitrogen and oxygen atoms in total. The Morgan fingerprint density at radius 1 is 1.12 bits per heavy atom. The minimum atomic E-state index is -1.22. The maximum absolute atomic E-state index is 14.0. The van der Waals surface area contributed by atoms with Gasteiger partial charge in [-0.2, -0.15) is 5.26 Å². The monoisotopic (exact) mass is 583 g/mol. The van der Waals surface area contributed by atoms with E-state index in [2.05, 4.69) is 16.3 Å². The molecule has 0 radical (unpaired) electrons. The number of carbonyl (C=O) groups excluding carboxylic acids is 1. The number of hydrogen-bond donors (Lipinski definition) is 1. The van der Waals surface area contributed by atoms with Crippen LogP contribution in [0.15, 0.2) is 48.5 Å². The van der Waals surface area contributed by atoms with Crippen LogP contribution in [-0.2, 0) is 41.7 Å². The van der Waals surface area contributed by atoms with E-state index in [-0.39, 0.29) is 31.6 Å². The van der Waals surface area contributed by atoms with Crippen LogP contribution < -0.4 is 5.32 Å². The van der Waals surface area contributed by atoms with Crippen LogP contribution in [0.5, 0.6) is 0 Å². The zero-order chi connectivity index (χ0) is 28.9. The van der Waals surface area contributed by atoms with Gasteiger partial charge in [-0.15, -0.1) is 0 Å². The molecule has 5 rings (SSSR count). The van der Waals surface area contributed by atoms with Crippen LogP contribution in [0.25, 0.3) is 0 Å². The largest absolute Gasteiger partial charge is 0.379 e. The first-order valence-corrected chi connectivity index (χ1v) is 14.6. The number of carbonyl (C=O) groups is 1. The fraction of sp³-hybridized carbons (Fsp3) is 0.548. The molecule has 41 heavy (non-hydrogen) atoms. The Morgan fingerprint density at radius 3 is 2.71 bits per heavy atom. The first kappa shape index (κ1) is 29.9. The Morgan fingerprint density at radius 2 is 1.93 bits per heavy atom. The number of morpholine rings is 1. The Hall–Kier alpha value is -2.55. The summed E-state index contributed by atoms with van der Waals surface area (Å²) in [6.45, 7) is 8.42. The maximum atomic E-state index is 14.0. The van der Waals surface area contributed by atoms with Gasteiger partial charge < -0.3 is 29.0 Å². The molecule has 1 aliphatic carbocycles. The van der Waals surface area contributed by atoms with Crippen molar-refractivity contribution >= 4 is 17.5 Å². The summed E-state index contributed by atoms with van der Waals surface area (Å²) in [5.41, 5.74) is 0.964. The van der Waals surface area contributed by atoms with E-state index in [0.717, 1.165) is 30.8 Å². The fourth-order valence-electron chi connectivity index (χ4n) is 5.82. The van der Waals surface area contributed by atoms with Gasteiger partial charge in [-0.3, -0.25) is 9.69 Å². The number of rotatable bonds is 10. The first-order chi connectivity index (χ1) is 19.8. The van der Waals surface area contributed by atoms with Crippen molar-refractivity contribution in [1.82, 2.24) is 10.2 Å². The molecule has 0 spiro atoms. The number of nitrogens with one attached hydrogen (secondary N) is 1. The Labute approximate surface area is 246 Å². The molecule has 3 fully saturated rings. The van der Waals surface area contributed by atoms with E-state index in [4.69, 9.17) is 35.3 Å². The van der Waals surface area contributed by atoms with Gasteiger partial charge in [0, 0.05) is 44.0 Å². The standard InChI is InChI=1S/C31H38ClN3O6/c1-30(2)40-27-18-31(39-20-22-6-5-9-25(32)16-22,29(36)34-10-11-35-12-14-37-15-13-35)17-26(28(27)41-30)38-21-24-8-4-3-7-23(24)19-33/h3-9,16,26-28H,10-15,17-18,20-21H2,1-2H3,(H,34,36)/t26?,27-,28+,31-/m1/s1. The molecule has 1 saturated carbocycles. The molecule has 0 aromatic heterocycles. The van der Waals surface area contributed by atoms with E-state index in [0.29, 0.717) is 36.8 Å². The number of benzene rings is 2. The molecule has 2 aromatic rings. The minimum absolute atomic E-state index is 0.197. The molecule has 0 bridgehead atoms. The lowest BCUT2D eigenvalue weighted by Crippen LogP contribution is -2.60. The summed E-state index contributed by atoms with van der Waals surface area (Å²) in [6.07, 6.45) is -0.722. The SMILES string of the molecule is CC1(C)O[C@@H]2C[C@@](OCc3cccc(Cl)c3)(C(=O)NCCN3CCOCC3)CC(OCc3ccccc3C#N)[C@@H]2O1. The highest BCUT2D eigenvalue weighted by Crippen LogP contribution is 2.44. The van der Waals surface area contributed by atoms with Gasteiger partial charge in [0.15, 0.2) is 11.4 Å². The summed E-state index contributed by atoms with van der Waals surface area (Å²) in [7, 11) is 0. The molecule has 3 aliphatic rings. The van der Waals surface area contributed by atoms with Gasteiger partial charge >= 0.3 is 0 Å². The van der Waals surface area contributed by atoms with Crippen molar-refractivity contribution in [2.45, 2.75) is 69.6 Å². The second kappa shape index (κ2) is 13.2. The lowest BCUT2D eigenvalue weighted by atomic mass is 9.78. The third-order valence-electron chi connectivity index (χ3n) is 7.88. The van der Waals surface area contributed by atoms with Crippen molar-refractivity contribution in [3.05, 3.63) is 70.2 Å². The van der Waals surface area contributed by atoms with Crippen molar-refractivity contribution in [1.29, 1.82) is 5.26 Å². The van der Waals surface area contributed by atoms with Gasteiger partial charge in [0.2, 0.25) is 0 Å². The van der Waals surface area contributed by atoms with Crippen LogP contribution >= 0.6 is 11.6 Å². The number of ether oxygens (including phenoxy) is 5. The number of hydrogen-bond acceptors (Lipinski definition) is 8. The second-order valence-corrected chi connectivity index (χ2v) is 11.7. The Bertz CT molecular complexity index is 1250.